The van der Waals surface area contributed by atoms with Gasteiger partial charge in [-0.1, -0.05) is 6.07 Å². The summed E-state index contributed by atoms with van der Waals surface area (Å²) in [5, 5.41) is 0. The number of methoxy groups -OCH3 is 3. The first kappa shape index (κ1) is 18.7. The molecule has 29 heavy (non-hydrogen) atoms. The number of ether oxygens (including phenoxy) is 6. The molecule has 2 aromatic rings. The van der Waals surface area contributed by atoms with Gasteiger partial charge in [0.1, 0.15) is 13.2 Å². The number of aliphatic imine (C=N–C) groups is 1. The molecule has 2 aliphatic heterocycles. The fraction of sp³-hybridized carbons (Fsp3) is 0.238. The quantitative estimate of drug-likeness (QED) is 0.567. The van der Waals surface area contributed by atoms with Crippen molar-refractivity contribution in [3.63, 3.8) is 0 Å². The molecule has 2 aliphatic rings. The minimum absolute atomic E-state index is 0.151. The molecule has 0 fully saturated rings. The molecule has 0 radical (unpaired) electrons. The van der Waals surface area contributed by atoms with Gasteiger partial charge in [-0.15, -0.1) is 0 Å². The van der Waals surface area contributed by atoms with Crippen LogP contribution in [0.2, 0.25) is 0 Å². The first-order valence-electron chi connectivity index (χ1n) is 8.85. The first-order valence-corrected chi connectivity index (χ1v) is 8.85. The van der Waals surface area contributed by atoms with Crippen molar-refractivity contribution < 1.29 is 33.2 Å². The summed E-state index contributed by atoms with van der Waals surface area (Å²) in [5.74, 6) is 2.21. The van der Waals surface area contributed by atoms with Crippen molar-refractivity contribution in [2.75, 3.05) is 34.5 Å². The van der Waals surface area contributed by atoms with Crippen LogP contribution in [-0.2, 0) is 9.53 Å². The molecule has 0 saturated carbocycles. The maximum Gasteiger partial charge on any atom is 0.363 e. The molecule has 0 atom stereocenters. The van der Waals surface area contributed by atoms with E-state index in [0.717, 1.165) is 5.56 Å². The summed E-state index contributed by atoms with van der Waals surface area (Å²) < 4.78 is 32.4. The first-order chi connectivity index (χ1) is 14.1. The van der Waals surface area contributed by atoms with E-state index in [1.165, 1.54) is 21.3 Å². The molecule has 0 aliphatic carbocycles. The Kier molecular flexibility index (Phi) is 4.99. The summed E-state index contributed by atoms with van der Waals surface area (Å²) in [6, 6.07) is 8.74. The third-order valence-corrected chi connectivity index (χ3v) is 4.40. The molecule has 8 nitrogen and oxygen atoms in total. The predicted molar refractivity (Wildman–Crippen MR) is 104 cm³/mol. The summed E-state index contributed by atoms with van der Waals surface area (Å²) >= 11 is 0. The van der Waals surface area contributed by atoms with Crippen LogP contribution >= 0.6 is 0 Å². The van der Waals surface area contributed by atoms with E-state index in [9.17, 15) is 4.79 Å². The Labute approximate surface area is 167 Å². The van der Waals surface area contributed by atoms with Crippen molar-refractivity contribution in [1.82, 2.24) is 0 Å². The second-order valence-electron chi connectivity index (χ2n) is 6.15. The smallest absolute Gasteiger partial charge is 0.363 e. The van der Waals surface area contributed by atoms with Crippen LogP contribution in [-0.4, -0.2) is 46.4 Å². The Morgan fingerprint density at radius 2 is 1.62 bits per heavy atom. The van der Waals surface area contributed by atoms with Crippen LogP contribution in [0.3, 0.4) is 0 Å². The number of carbonyl (C=O) groups is 1. The molecule has 0 bridgehead atoms. The predicted octanol–water partition coefficient (Wildman–Crippen LogP) is 2.83. The van der Waals surface area contributed by atoms with Gasteiger partial charge in [0, 0.05) is 5.56 Å². The van der Waals surface area contributed by atoms with E-state index in [4.69, 9.17) is 28.4 Å². The highest BCUT2D eigenvalue weighted by atomic mass is 16.6. The van der Waals surface area contributed by atoms with E-state index >= 15 is 0 Å². The summed E-state index contributed by atoms with van der Waals surface area (Å²) in [5.41, 5.74) is 1.44. The van der Waals surface area contributed by atoms with Crippen molar-refractivity contribution in [2.45, 2.75) is 0 Å². The van der Waals surface area contributed by atoms with Crippen LogP contribution in [0.15, 0.2) is 41.0 Å². The van der Waals surface area contributed by atoms with Crippen molar-refractivity contribution >= 4 is 17.9 Å². The third-order valence-electron chi connectivity index (χ3n) is 4.40. The molecule has 0 aromatic heterocycles. The maximum absolute atomic E-state index is 12.3. The second kappa shape index (κ2) is 7.75. The van der Waals surface area contributed by atoms with Crippen molar-refractivity contribution in [3.05, 3.63) is 47.2 Å². The minimum atomic E-state index is -0.552. The summed E-state index contributed by atoms with van der Waals surface area (Å²) in [6.45, 7) is 1.00. The van der Waals surface area contributed by atoms with Gasteiger partial charge >= 0.3 is 5.97 Å². The highest BCUT2D eigenvalue weighted by Gasteiger charge is 2.26. The van der Waals surface area contributed by atoms with Gasteiger partial charge in [-0.3, -0.25) is 0 Å². The van der Waals surface area contributed by atoms with E-state index in [1.54, 1.807) is 30.3 Å². The summed E-state index contributed by atoms with van der Waals surface area (Å²) in [4.78, 5) is 16.7. The number of benzene rings is 2. The summed E-state index contributed by atoms with van der Waals surface area (Å²) in [6.07, 6.45) is 1.63. The van der Waals surface area contributed by atoms with Gasteiger partial charge in [-0.25, -0.2) is 9.79 Å². The third kappa shape index (κ3) is 3.56. The molecule has 0 saturated heterocycles. The largest absolute Gasteiger partial charge is 0.493 e. The van der Waals surface area contributed by atoms with Crippen LogP contribution in [0.1, 0.15) is 11.1 Å². The number of rotatable bonds is 5. The van der Waals surface area contributed by atoms with E-state index in [2.05, 4.69) is 4.99 Å². The average Bonchev–Trinajstić information content (AvgIpc) is 3.12. The lowest BCUT2D eigenvalue weighted by atomic mass is 10.1. The van der Waals surface area contributed by atoms with Gasteiger partial charge in [0.25, 0.3) is 0 Å². The molecule has 0 spiro atoms. The number of hydrogen-bond donors (Lipinski definition) is 0. The van der Waals surface area contributed by atoms with E-state index in [-0.39, 0.29) is 11.6 Å². The Bertz CT molecular complexity index is 1000. The second-order valence-corrected chi connectivity index (χ2v) is 6.15. The lowest BCUT2D eigenvalue weighted by Gasteiger charge is -2.18. The van der Waals surface area contributed by atoms with Gasteiger partial charge in [-0.2, -0.15) is 0 Å². The number of cyclic esters (lactones) is 1. The summed E-state index contributed by atoms with van der Waals surface area (Å²) in [7, 11) is 4.54. The van der Waals surface area contributed by atoms with Gasteiger partial charge in [-0.05, 0) is 35.9 Å². The lowest BCUT2D eigenvalue weighted by molar-refractivity contribution is -0.129. The highest BCUT2D eigenvalue weighted by Crippen LogP contribution is 2.39. The van der Waals surface area contributed by atoms with Crippen LogP contribution in [0.25, 0.3) is 6.08 Å². The van der Waals surface area contributed by atoms with Gasteiger partial charge in [0.2, 0.25) is 11.6 Å². The molecule has 0 N–H and O–H groups in total. The number of fused-ring (bicyclic) bond motifs is 1. The molecular formula is C21H19NO7. The fourth-order valence-corrected chi connectivity index (χ4v) is 3.04. The normalized spacial score (nSPS) is 16.3. The Balaban J connectivity index is 1.68. The van der Waals surface area contributed by atoms with Crippen LogP contribution in [0.5, 0.6) is 28.7 Å². The standard InChI is InChI=1S/C21H19NO7/c1-24-17-10-13(11-18(25-2)19(17)26-3)20-22-14(21(23)29-20)8-12-4-5-15-16(9-12)28-7-6-27-15/h4-5,8-11H,6-7H2,1-3H3/b14-8+. The maximum atomic E-state index is 12.3. The van der Waals surface area contributed by atoms with Crippen LogP contribution < -0.4 is 23.7 Å². The SMILES string of the molecule is COc1cc(C2=N/C(=C/c3ccc4c(c3)OCCO4)C(=O)O2)cc(OC)c1OC. The number of carbonyl (C=O) groups excluding carboxylic acids is 1. The topological polar surface area (TPSA) is 84.8 Å². The van der Waals surface area contributed by atoms with Crippen LogP contribution in [0, 0.1) is 0 Å². The minimum Gasteiger partial charge on any atom is -0.493 e. The van der Waals surface area contributed by atoms with Gasteiger partial charge < -0.3 is 28.4 Å². The molecule has 2 aromatic carbocycles. The Morgan fingerprint density at radius 3 is 2.28 bits per heavy atom. The molecule has 0 amide bonds. The van der Waals surface area contributed by atoms with Crippen LogP contribution in [0.4, 0.5) is 0 Å². The number of esters is 1. The van der Waals surface area contributed by atoms with Crippen molar-refractivity contribution in [2.24, 2.45) is 4.99 Å². The average molecular weight is 397 g/mol. The van der Waals surface area contributed by atoms with Crippen molar-refractivity contribution in [1.29, 1.82) is 0 Å². The lowest BCUT2D eigenvalue weighted by Crippen LogP contribution is -2.15. The van der Waals surface area contributed by atoms with E-state index < -0.39 is 5.97 Å². The zero-order valence-electron chi connectivity index (χ0n) is 16.2. The van der Waals surface area contributed by atoms with E-state index in [1.807, 2.05) is 6.07 Å². The zero-order valence-corrected chi connectivity index (χ0v) is 16.2. The molecule has 150 valence electrons. The Morgan fingerprint density at radius 1 is 0.931 bits per heavy atom. The van der Waals surface area contributed by atoms with E-state index in [0.29, 0.717) is 47.5 Å². The van der Waals surface area contributed by atoms with Crippen molar-refractivity contribution in [3.8, 4) is 28.7 Å². The molecule has 0 unspecified atom stereocenters. The molecule has 4 rings (SSSR count). The monoisotopic (exact) mass is 397 g/mol. The van der Waals surface area contributed by atoms with Gasteiger partial charge in [0.05, 0.1) is 21.3 Å². The molecule has 8 heteroatoms. The van der Waals surface area contributed by atoms with Gasteiger partial charge in [0.15, 0.2) is 28.7 Å². The number of nitrogens with zero attached hydrogens (tertiary/aromatic N) is 1. The zero-order chi connectivity index (χ0) is 20.4. The molecular weight excluding hydrogens is 378 g/mol. The molecule has 2 heterocycles. The Hall–Kier alpha value is -3.68. The highest BCUT2D eigenvalue weighted by molar-refractivity contribution is 6.13. The fourth-order valence-electron chi connectivity index (χ4n) is 3.04. The number of hydrogen-bond acceptors (Lipinski definition) is 8.